The van der Waals surface area contributed by atoms with Gasteiger partial charge in [0.15, 0.2) is 12.4 Å². The number of ketones is 2. The smallest absolute Gasteiger partial charge is 0.405 e. The quantitative estimate of drug-likeness (QED) is 0.0833. The first-order chi connectivity index (χ1) is 27.0. The lowest BCUT2D eigenvalue weighted by molar-refractivity contribution is -0.167. The van der Waals surface area contributed by atoms with Gasteiger partial charge in [0.25, 0.3) is 11.8 Å². The van der Waals surface area contributed by atoms with Crippen LogP contribution in [-0.2, 0) is 41.1 Å². The van der Waals surface area contributed by atoms with Crippen molar-refractivity contribution in [1.82, 2.24) is 16.0 Å². The zero-order valence-electron chi connectivity index (χ0n) is 30.8. The minimum atomic E-state index is -5.09. The fraction of sp³-hybridized carbons (Fsp3) is 0.368. The van der Waals surface area contributed by atoms with Gasteiger partial charge >= 0.3 is 24.0 Å². The Kier molecular flexibility index (Phi) is 15.8. The molecule has 0 saturated heterocycles. The summed E-state index contributed by atoms with van der Waals surface area (Å²) in [6.45, 7) is -0.419. The number of carbonyl (C=O) groups excluding carboxylic acids is 5. The van der Waals surface area contributed by atoms with Gasteiger partial charge in [-0.3, -0.25) is 24.0 Å². The molecule has 0 aliphatic carbocycles. The predicted molar refractivity (Wildman–Crippen MR) is 191 cm³/mol. The van der Waals surface area contributed by atoms with E-state index in [2.05, 4.69) is 5.32 Å². The lowest BCUT2D eigenvalue weighted by atomic mass is 9.82. The van der Waals surface area contributed by atoms with Crippen molar-refractivity contribution < 1.29 is 74.1 Å². The van der Waals surface area contributed by atoms with Crippen LogP contribution in [0.4, 0.5) is 30.7 Å². The number of carboxylic acid groups (broad SMARTS) is 1. The lowest BCUT2D eigenvalue weighted by Gasteiger charge is -2.28. The number of ether oxygens (including phenoxy) is 2. The number of carboxylic acids is 1. The summed E-state index contributed by atoms with van der Waals surface area (Å²) < 4.78 is 109. The summed E-state index contributed by atoms with van der Waals surface area (Å²) in [6, 6.07) is 10.9. The van der Waals surface area contributed by atoms with Crippen LogP contribution in [0.15, 0.2) is 72.8 Å². The van der Waals surface area contributed by atoms with Gasteiger partial charge in [-0.05, 0) is 53.4 Å². The van der Waals surface area contributed by atoms with Crippen LogP contribution >= 0.6 is 11.6 Å². The van der Waals surface area contributed by atoms with Crippen LogP contribution in [0.5, 0.6) is 11.5 Å². The van der Waals surface area contributed by atoms with Crippen molar-refractivity contribution in [2.75, 3.05) is 20.3 Å². The molecule has 0 bridgehead atoms. The lowest BCUT2D eigenvalue weighted by Crippen LogP contribution is -2.53. The average molecular weight is 848 g/mol. The average Bonchev–Trinajstić information content (AvgIpc) is 3.16. The summed E-state index contributed by atoms with van der Waals surface area (Å²) in [7, 11) is 1.31. The summed E-state index contributed by atoms with van der Waals surface area (Å²) >= 11 is 5.85. The highest BCUT2D eigenvalue weighted by molar-refractivity contribution is 6.30. The van der Waals surface area contributed by atoms with Crippen LogP contribution < -0.4 is 25.4 Å². The number of benzene rings is 3. The standard InChI is InChI=1S/C38H37ClF7N3O9/c1-20(2)27(32(53)38(45,46)34(55)47-19-36(40,41)42)17-29(50)31(22-9-13-25(57-3)14-10-22)49-33(54)28(15-21-7-11-26(12-8-21)58-18-30(51)52)48-35(56)37(43,44)23-5-4-6-24(39)16-23/h4-14,16,20,27-28,31H,15,17-19H2,1-3H3,(H,47,55)(H,48,56)(H,49,54)(H,51,52)/t27-,28-,31-/m0/s1. The normalized spacial score (nSPS) is 13.4. The van der Waals surface area contributed by atoms with E-state index in [0.29, 0.717) is 0 Å². The second kappa shape index (κ2) is 19.6. The van der Waals surface area contributed by atoms with Gasteiger partial charge in [-0.25, -0.2) is 4.79 Å². The molecule has 20 heteroatoms. The van der Waals surface area contributed by atoms with Crippen LogP contribution in [0, 0.1) is 11.8 Å². The molecule has 0 fully saturated rings. The van der Waals surface area contributed by atoms with E-state index in [0.717, 1.165) is 23.5 Å². The number of halogens is 8. The van der Waals surface area contributed by atoms with Gasteiger partial charge < -0.3 is 30.5 Å². The highest BCUT2D eigenvalue weighted by atomic mass is 35.5. The zero-order chi connectivity index (χ0) is 43.6. The second-order valence-electron chi connectivity index (χ2n) is 13.1. The Balaban J connectivity index is 2.01. The number of aliphatic carboxylic acids is 1. The molecule has 3 atom stereocenters. The third-order valence-corrected chi connectivity index (χ3v) is 8.72. The summed E-state index contributed by atoms with van der Waals surface area (Å²) in [4.78, 5) is 77.1. The van der Waals surface area contributed by atoms with Gasteiger partial charge in [0, 0.05) is 29.3 Å². The first-order valence-electron chi connectivity index (χ1n) is 17.1. The molecule has 3 amide bonds. The molecule has 0 aliphatic rings. The molecule has 3 aromatic carbocycles. The van der Waals surface area contributed by atoms with E-state index in [9.17, 15) is 50.7 Å². The van der Waals surface area contributed by atoms with Crippen molar-refractivity contribution in [3.63, 3.8) is 0 Å². The van der Waals surface area contributed by atoms with E-state index in [4.69, 9.17) is 26.2 Å². The predicted octanol–water partition coefficient (Wildman–Crippen LogP) is 5.60. The largest absolute Gasteiger partial charge is 0.497 e. The molecule has 0 radical (unpaired) electrons. The second-order valence-corrected chi connectivity index (χ2v) is 13.5. The van der Waals surface area contributed by atoms with Crippen LogP contribution in [0.25, 0.3) is 0 Å². The van der Waals surface area contributed by atoms with Crippen LogP contribution in [-0.4, -0.2) is 78.8 Å². The van der Waals surface area contributed by atoms with Crippen molar-refractivity contribution >= 4 is 46.9 Å². The minimum Gasteiger partial charge on any atom is -0.497 e. The topological polar surface area (TPSA) is 177 Å². The Morgan fingerprint density at radius 3 is 1.95 bits per heavy atom. The Bertz CT molecular complexity index is 1960. The Hall–Kier alpha value is -5.72. The van der Waals surface area contributed by atoms with E-state index in [1.165, 1.54) is 75.6 Å². The molecule has 3 aromatic rings. The maximum Gasteiger partial charge on any atom is 0.405 e. The molecule has 0 heterocycles. The summed E-state index contributed by atoms with van der Waals surface area (Å²) in [6.07, 6.45) is -6.72. The summed E-state index contributed by atoms with van der Waals surface area (Å²) in [5, 5.41) is 14.0. The summed E-state index contributed by atoms with van der Waals surface area (Å²) in [5.74, 6) is -22.5. The molecule has 0 unspecified atom stereocenters. The molecule has 0 aromatic heterocycles. The Morgan fingerprint density at radius 1 is 0.810 bits per heavy atom. The first-order valence-corrected chi connectivity index (χ1v) is 17.5. The maximum atomic E-state index is 15.5. The number of rotatable bonds is 20. The Labute approximate surface area is 331 Å². The van der Waals surface area contributed by atoms with Gasteiger partial charge in [0.2, 0.25) is 11.7 Å². The molecule has 3 rings (SSSR count). The van der Waals surface area contributed by atoms with Crippen LogP contribution in [0.1, 0.15) is 43.0 Å². The molecule has 0 saturated carbocycles. The number of hydrogen-bond donors (Lipinski definition) is 4. The molecule has 0 spiro atoms. The number of Topliss-reactive ketones (excluding diaryl/α,β-unsaturated/α-hetero) is 2. The number of alkyl halides is 7. The van der Waals surface area contributed by atoms with Gasteiger partial charge in [0.1, 0.15) is 30.1 Å². The van der Waals surface area contributed by atoms with E-state index in [1.807, 2.05) is 5.32 Å². The molecule has 314 valence electrons. The third kappa shape index (κ3) is 12.9. The SMILES string of the molecule is COc1ccc([C@H](NC(=O)[C@H](Cc2ccc(OCC(=O)O)cc2)NC(=O)C(F)(F)c2cccc(Cl)c2)C(=O)C[C@H](C(=O)C(F)(F)C(=O)NCC(F)(F)F)C(C)C)cc1. The van der Waals surface area contributed by atoms with Crippen LogP contribution in [0.2, 0.25) is 5.02 Å². The van der Waals surface area contributed by atoms with Crippen molar-refractivity contribution in [3.8, 4) is 11.5 Å². The van der Waals surface area contributed by atoms with Gasteiger partial charge in [-0.15, -0.1) is 0 Å². The number of amides is 3. The fourth-order valence-electron chi connectivity index (χ4n) is 5.37. The van der Waals surface area contributed by atoms with Crippen molar-refractivity contribution in [3.05, 3.63) is 94.5 Å². The van der Waals surface area contributed by atoms with E-state index >= 15 is 8.78 Å². The van der Waals surface area contributed by atoms with E-state index in [-0.39, 0.29) is 27.6 Å². The van der Waals surface area contributed by atoms with Crippen LogP contribution in [0.3, 0.4) is 0 Å². The molecule has 58 heavy (non-hydrogen) atoms. The maximum absolute atomic E-state index is 15.5. The third-order valence-electron chi connectivity index (χ3n) is 8.48. The monoisotopic (exact) mass is 847 g/mol. The molecule has 0 aliphatic heterocycles. The molecular weight excluding hydrogens is 811 g/mol. The fourth-order valence-corrected chi connectivity index (χ4v) is 5.56. The number of carbonyl (C=O) groups is 6. The molecule has 12 nitrogen and oxygen atoms in total. The highest BCUT2D eigenvalue weighted by Crippen LogP contribution is 2.32. The van der Waals surface area contributed by atoms with Crippen molar-refractivity contribution in [1.29, 1.82) is 0 Å². The Morgan fingerprint density at radius 2 is 1.41 bits per heavy atom. The van der Waals surface area contributed by atoms with Gasteiger partial charge in [0.05, 0.1) is 7.11 Å². The molecule has 4 N–H and O–H groups in total. The minimum absolute atomic E-state index is 0.0435. The number of methoxy groups -OCH3 is 1. The zero-order valence-corrected chi connectivity index (χ0v) is 31.6. The molecular formula is C38H37ClF7N3O9. The van der Waals surface area contributed by atoms with Gasteiger partial charge in [-0.2, -0.15) is 30.7 Å². The van der Waals surface area contributed by atoms with E-state index in [1.54, 1.807) is 0 Å². The number of nitrogens with one attached hydrogen (secondary N) is 3. The highest BCUT2D eigenvalue weighted by Gasteiger charge is 2.52. The first kappa shape index (κ1) is 46.7. The number of hydrogen-bond acceptors (Lipinski definition) is 8. The summed E-state index contributed by atoms with van der Waals surface area (Å²) in [5.41, 5.74) is -0.674. The van der Waals surface area contributed by atoms with E-state index < -0.39 is 109 Å². The van der Waals surface area contributed by atoms with Crippen molar-refractivity contribution in [2.45, 2.75) is 56.8 Å². The van der Waals surface area contributed by atoms with Crippen molar-refractivity contribution in [2.24, 2.45) is 11.8 Å². The van der Waals surface area contributed by atoms with Gasteiger partial charge in [-0.1, -0.05) is 61.8 Å².